The Bertz CT molecular complexity index is 797. The largest absolute Gasteiger partial charge is 0.491 e. The molecule has 6 nitrogen and oxygen atoms in total. The molecular weight excluding hydrogens is 379 g/mol. The first-order valence-corrected chi connectivity index (χ1v) is 8.50. The number of methoxy groups -OCH3 is 1. The molecule has 2 rings (SSSR count). The van der Waals surface area contributed by atoms with E-state index in [4.69, 9.17) is 37.4 Å². The zero-order valence-electron chi connectivity index (χ0n) is 14.3. The van der Waals surface area contributed by atoms with Crippen LogP contribution in [0.5, 0.6) is 17.2 Å². The van der Waals surface area contributed by atoms with Crippen LogP contribution in [0, 0.1) is 0 Å². The van der Waals surface area contributed by atoms with Crippen LogP contribution in [-0.2, 0) is 4.79 Å². The predicted octanol–water partition coefficient (Wildman–Crippen LogP) is 3.93. The third kappa shape index (κ3) is 5.54. The molecule has 26 heavy (non-hydrogen) atoms. The number of nitrogens with zero attached hydrogens (tertiary/aromatic N) is 1. The number of halogens is 2. The number of benzene rings is 2. The number of rotatable bonds is 8. The van der Waals surface area contributed by atoms with Gasteiger partial charge < -0.3 is 14.2 Å². The van der Waals surface area contributed by atoms with Crippen molar-refractivity contribution in [2.45, 2.75) is 6.92 Å². The van der Waals surface area contributed by atoms with Crippen molar-refractivity contribution in [2.75, 3.05) is 20.3 Å². The van der Waals surface area contributed by atoms with Crippen LogP contribution in [0.25, 0.3) is 0 Å². The van der Waals surface area contributed by atoms with Crippen LogP contribution >= 0.6 is 23.2 Å². The minimum absolute atomic E-state index is 0.214. The fraction of sp³-hybridized carbons (Fsp3) is 0.222. The Balaban J connectivity index is 1.95. The van der Waals surface area contributed by atoms with E-state index in [1.807, 2.05) is 6.92 Å². The van der Waals surface area contributed by atoms with Crippen molar-refractivity contribution in [2.24, 2.45) is 5.10 Å². The van der Waals surface area contributed by atoms with Gasteiger partial charge in [-0.25, -0.2) is 5.43 Å². The molecule has 0 heterocycles. The average molecular weight is 397 g/mol. The highest BCUT2D eigenvalue weighted by Gasteiger charge is 2.11. The highest BCUT2D eigenvalue weighted by Crippen LogP contribution is 2.35. The van der Waals surface area contributed by atoms with Crippen LogP contribution in [0.15, 0.2) is 41.5 Å². The summed E-state index contributed by atoms with van der Waals surface area (Å²) in [6.45, 7) is 2.10. The van der Waals surface area contributed by atoms with Crippen LogP contribution in [-0.4, -0.2) is 32.4 Å². The molecule has 138 valence electrons. The molecule has 2 aromatic rings. The highest BCUT2D eigenvalue weighted by molar-refractivity contribution is 6.32. The molecule has 0 aliphatic rings. The third-order valence-electron chi connectivity index (χ3n) is 3.13. The van der Waals surface area contributed by atoms with E-state index < -0.39 is 5.91 Å². The van der Waals surface area contributed by atoms with E-state index in [9.17, 15) is 4.79 Å². The number of hydrogen-bond donors (Lipinski definition) is 1. The van der Waals surface area contributed by atoms with Crippen LogP contribution in [0.2, 0.25) is 10.0 Å². The second-order valence-electron chi connectivity index (χ2n) is 4.98. The molecule has 0 fully saturated rings. The lowest BCUT2D eigenvalue weighted by Crippen LogP contribution is -2.24. The lowest BCUT2D eigenvalue weighted by atomic mass is 10.2. The van der Waals surface area contributed by atoms with Gasteiger partial charge in [-0.2, -0.15) is 5.10 Å². The quantitative estimate of drug-likeness (QED) is 0.541. The van der Waals surface area contributed by atoms with E-state index in [1.165, 1.54) is 13.3 Å². The summed E-state index contributed by atoms with van der Waals surface area (Å²) in [5.74, 6) is 0.947. The fourth-order valence-electron chi connectivity index (χ4n) is 2.04. The molecule has 0 saturated carbocycles. The van der Waals surface area contributed by atoms with Gasteiger partial charge in [0.1, 0.15) is 5.75 Å². The smallest absolute Gasteiger partial charge is 0.277 e. The summed E-state index contributed by atoms with van der Waals surface area (Å²) in [6.07, 6.45) is 1.45. The second kappa shape index (κ2) is 9.89. The molecule has 0 bridgehead atoms. The summed E-state index contributed by atoms with van der Waals surface area (Å²) in [7, 11) is 1.51. The molecule has 0 spiro atoms. The molecule has 0 saturated heterocycles. The molecule has 0 radical (unpaired) electrons. The summed E-state index contributed by atoms with van der Waals surface area (Å²) in [5, 5.41) is 4.69. The third-order valence-corrected chi connectivity index (χ3v) is 3.73. The Hall–Kier alpha value is -2.44. The van der Waals surface area contributed by atoms with Gasteiger partial charge in [0, 0.05) is 0 Å². The molecule has 0 unspecified atom stereocenters. The number of amides is 1. The first-order chi connectivity index (χ1) is 12.5. The van der Waals surface area contributed by atoms with E-state index in [2.05, 4.69) is 10.5 Å². The van der Waals surface area contributed by atoms with Crippen molar-refractivity contribution in [3.05, 3.63) is 52.0 Å². The average Bonchev–Trinajstić information content (AvgIpc) is 2.61. The Labute approximate surface area is 161 Å². The Kier molecular flexibility index (Phi) is 7.56. The van der Waals surface area contributed by atoms with Gasteiger partial charge in [-0.3, -0.25) is 4.79 Å². The van der Waals surface area contributed by atoms with Gasteiger partial charge in [0.05, 0.1) is 30.0 Å². The number of nitrogens with one attached hydrogen (secondary N) is 1. The molecule has 2 aromatic carbocycles. The van der Waals surface area contributed by atoms with Crippen molar-refractivity contribution in [3.63, 3.8) is 0 Å². The molecule has 8 heteroatoms. The predicted molar refractivity (Wildman–Crippen MR) is 102 cm³/mol. The highest BCUT2D eigenvalue weighted by atomic mass is 35.5. The van der Waals surface area contributed by atoms with E-state index >= 15 is 0 Å². The number of ether oxygens (including phenoxy) is 3. The first-order valence-electron chi connectivity index (χ1n) is 7.74. The van der Waals surface area contributed by atoms with Crippen LogP contribution in [0.3, 0.4) is 0 Å². The Morgan fingerprint density at radius 3 is 2.62 bits per heavy atom. The molecule has 1 amide bonds. The lowest BCUT2D eigenvalue weighted by Gasteiger charge is -2.11. The summed E-state index contributed by atoms with van der Waals surface area (Å²) in [4.78, 5) is 11.8. The molecule has 0 aromatic heterocycles. The Morgan fingerprint density at radius 2 is 1.92 bits per heavy atom. The van der Waals surface area contributed by atoms with Gasteiger partial charge in [0.2, 0.25) is 0 Å². The summed E-state index contributed by atoms with van der Waals surface area (Å²) < 4.78 is 16.0. The van der Waals surface area contributed by atoms with Gasteiger partial charge in [-0.15, -0.1) is 0 Å². The van der Waals surface area contributed by atoms with Gasteiger partial charge in [-0.05, 0) is 36.8 Å². The van der Waals surface area contributed by atoms with Crippen LogP contribution < -0.4 is 19.6 Å². The molecule has 1 N–H and O–H groups in total. The topological polar surface area (TPSA) is 69.2 Å². The number of hydrazone groups is 1. The normalized spacial score (nSPS) is 10.6. The zero-order valence-corrected chi connectivity index (χ0v) is 15.8. The number of hydrogen-bond acceptors (Lipinski definition) is 5. The monoisotopic (exact) mass is 396 g/mol. The number of carbonyl (C=O) groups is 1. The SMILES string of the molecule is CCOc1cc(/C=N\NC(=O)COc2ccccc2Cl)cc(Cl)c1OC. The first kappa shape index (κ1) is 19.9. The minimum atomic E-state index is -0.425. The number of carbonyl (C=O) groups excluding carboxylic acids is 1. The van der Waals surface area contributed by atoms with Gasteiger partial charge in [-0.1, -0.05) is 35.3 Å². The van der Waals surface area contributed by atoms with Crippen molar-refractivity contribution in [3.8, 4) is 17.2 Å². The molecule has 0 aliphatic heterocycles. The second-order valence-corrected chi connectivity index (χ2v) is 5.79. The van der Waals surface area contributed by atoms with Gasteiger partial charge in [0.25, 0.3) is 5.91 Å². The maximum absolute atomic E-state index is 11.8. The number of para-hydroxylation sites is 1. The Morgan fingerprint density at radius 1 is 1.15 bits per heavy atom. The van der Waals surface area contributed by atoms with E-state index in [-0.39, 0.29) is 6.61 Å². The van der Waals surface area contributed by atoms with E-state index in [0.29, 0.717) is 39.5 Å². The molecular formula is C18H18Cl2N2O4. The van der Waals surface area contributed by atoms with E-state index in [0.717, 1.165) is 0 Å². The summed E-state index contributed by atoms with van der Waals surface area (Å²) in [5.41, 5.74) is 3.01. The van der Waals surface area contributed by atoms with Crippen molar-refractivity contribution in [1.29, 1.82) is 0 Å². The van der Waals surface area contributed by atoms with Crippen LogP contribution in [0.1, 0.15) is 12.5 Å². The minimum Gasteiger partial charge on any atom is -0.491 e. The molecule has 0 atom stereocenters. The van der Waals surface area contributed by atoms with Crippen molar-refractivity contribution < 1.29 is 19.0 Å². The van der Waals surface area contributed by atoms with Crippen LogP contribution in [0.4, 0.5) is 0 Å². The maximum atomic E-state index is 11.8. The van der Waals surface area contributed by atoms with E-state index in [1.54, 1.807) is 36.4 Å². The van der Waals surface area contributed by atoms with Gasteiger partial charge >= 0.3 is 0 Å². The van der Waals surface area contributed by atoms with Crippen molar-refractivity contribution in [1.82, 2.24) is 5.43 Å². The zero-order chi connectivity index (χ0) is 18.9. The van der Waals surface area contributed by atoms with Crippen molar-refractivity contribution >= 4 is 35.3 Å². The maximum Gasteiger partial charge on any atom is 0.277 e. The summed E-state index contributed by atoms with van der Waals surface area (Å²) in [6, 6.07) is 10.3. The summed E-state index contributed by atoms with van der Waals surface area (Å²) >= 11 is 12.1. The fourth-order valence-corrected chi connectivity index (χ4v) is 2.53. The lowest BCUT2D eigenvalue weighted by molar-refractivity contribution is -0.123. The molecule has 0 aliphatic carbocycles. The standard InChI is InChI=1S/C18H18Cl2N2O4/c1-3-25-16-9-12(8-14(20)18(16)24-2)10-21-22-17(23)11-26-15-7-5-4-6-13(15)19/h4-10H,3,11H2,1-2H3,(H,22,23)/b21-10-. The van der Waals surface area contributed by atoms with Gasteiger partial charge in [0.15, 0.2) is 18.1 Å².